The number of rotatable bonds is 6. The number of carbonyl (C=O) groups excluding carboxylic acids is 2. The van der Waals surface area contributed by atoms with E-state index in [4.69, 9.17) is 0 Å². The van der Waals surface area contributed by atoms with E-state index in [1.165, 1.54) is 0 Å². The van der Waals surface area contributed by atoms with E-state index in [0.29, 0.717) is 30.8 Å². The van der Waals surface area contributed by atoms with Gasteiger partial charge in [-0.15, -0.1) is 0 Å². The molecule has 1 heterocycles. The lowest BCUT2D eigenvalue weighted by Gasteiger charge is -2.18. The van der Waals surface area contributed by atoms with Crippen LogP contribution in [0.15, 0.2) is 60.7 Å². The molecular formula is C24H18F4N2O3. The molecule has 0 spiro atoms. The minimum absolute atomic E-state index is 0.116. The molecule has 0 atom stereocenters. The number of fused-ring (bicyclic) bond motifs is 1. The molecule has 9 heteroatoms. The molecular weight excluding hydrogens is 440 g/mol. The van der Waals surface area contributed by atoms with Crippen molar-refractivity contribution in [2.75, 3.05) is 16.8 Å². The molecule has 3 aromatic carbocycles. The highest BCUT2D eigenvalue weighted by Gasteiger charge is 2.26. The highest BCUT2D eigenvalue weighted by atomic mass is 19.3. The summed E-state index contributed by atoms with van der Waals surface area (Å²) in [5.41, 5.74) is 1.67. The molecule has 4 rings (SSSR count). The van der Waals surface area contributed by atoms with Crippen LogP contribution in [-0.2, 0) is 17.6 Å². The molecule has 0 radical (unpaired) electrons. The summed E-state index contributed by atoms with van der Waals surface area (Å²) in [4.78, 5) is 26.9. The van der Waals surface area contributed by atoms with Crippen molar-refractivity contribution in [2.45, 2.75) is 19.5 Å². The second kappa shape index (κ2) is 9.32. The highest BCUT2D eigenvalue weighted by Crippen LogP contribution is 2.32. The molecule has 1 aliphatic rings. The van der Waals surface area contributed by atoms with E-state index in [1.54, 1.807) is 23.1 Å². The van der Waals surface area contributed by atoms with Crippen LogP contribution in [0.2, 0.25) is 0 Å². The van der Waals surface area contributed by atoms with E-state index in [2.05, 4.69) is 10.1 Å². The Morgan fingerprint density at radius 3 is 2.36 bits per heavy atom. The summed E-state index contributed by atoms with van der Waals surface area (Å²) in [7, 11) is 0. The molecule has 1 N–H and O–H groups in total. The minimum Gasteiger partial charge on any atom is -0.435 e. The number of anilines is 2. The van der Waals surface area contributed by atoms with Crippen molar-refractivity contribution in [1.82, 2.24) is 0 Å². The van der Waals surface area contributed by atoms with Crippen molar-refractivity contribution in [3.05, 3.63) is 89.0 Å². The van der Waals surface area contributed by atoms with Crippen LogP contribution >= 0.6 is 0 Å². The molecule has 170 valence electrons. The number of benzene rings is 3. The zero-order valence-corrected chi connectivity index (χ0v) is 17.2. The second-order valence-electron chi connectivity index (χ2n) is 7.40. The third-order valence-electron chi connectivity index (χ3n) is 5.21. The van der Waals surface area contributed by atoms with Crippen molar-refractivity contribution >= 4 is 23.2 Å². The molecule has 3 aromatic rings. The Kier molecular flexibility index (Phi) is 6.30. The fourth-order valence-electron chi connectivity index (χ4n) is 3.71. The Labute approximate surface area is 186 Å². The average Bonchev–Trinajstić information content (AvgIpc) is 3.17. The minimum atomic E-state index is -3.26. The van der Waals surface area contributed by atoms with E-state index in [9.17, 15) is 27.2 Å². The summed E-state index contributed by atoms with van der Waals surface area (Å²) < 4.78 is 57.0. The van der Waals surface area contributed by atoms with Gasteiger partial charge < -0.3 is 15.0 Å². The monoisotopic (exact) mass is 458 g/mol. The van der Waals surface area contributed by atoms with E-state index in [0.717, 1.165) is 11.1 Å². The fourth-order valence-corrected chi connectivity index (χ4v) is 3.71. The first-order chi connectivity index (χ1) is 15.8. The summed E-state index contributed by atoms with van der Waals surface area (Å²) in [5.74, 6) is -4.64. The lowest BCUT2D eigenvalue weighted by molar-refractivity contribution is -0.117. The number of hydrogen-bond donors (Lipinski definition) is 1. The number of amides is 2. The van der Waals surface area contributed by atoms with Gasteiger partial charge in [0.1, 0.15) is 22.9 Å². The second-order valence-corrected chi connectivity index (χ2v) is 7.40. The molecule has 33 heavy (non-hydrogen) atoms. The van der Waals surface area contributed by atoms with E-state index in [1.807, 2.05) is 30.3 Å². The average molecular weight is 458 g/mol. The summed E-state index contributed by atoms with van der Waals surface area (Å²) >= 11 is 0. The van der Waals surface area contributed by atoms with Gasteiger partial charge in [0.25, 0.3) is 5.91 Å². The Bertz CT molecular complexity index is 1180. The number of carbonyl (C=O) groups is 2. The van der Waals surface area contributed by atoms with E-state index in [-0.39, 0.29) is 18.0 Å². The van der Waals surface area contributed by atoms with Gasteiger partial charge in [0, 0.05) is 30.1 Å². The van der Waals surface area contributed by atoms with Gasteiger partial charge in [0.2, 0.25) is 5.91 Å². The van der Waals surface area contributed by atoms with E-state index >= 15 is 0 Å². The number of hydrogen-bond acceptors (Lipinski definition) is 3. The topological polar surface area (TPSA) is 58.6 Å². The first kappa shape index (κ1) is 22.3. The van der Waals surface area contributed by atoms with Crippen LogP contribution in [0.3, 0.4) is 0 Å². The fraction of sp³-hybridized carbons (Fsp3) is 0.167. The van der Waals surface area contributed by atoms with Gasteiger partial charge in [-0.3, -0.25) is 9.59 Å². The Balaban J connectivity index is 1.52. The van der Waals surface area contributed by atoms with Crippen LogP contribution in [-0.4, -0.2) is 25.0 Å². The molecule has 0 fully saturated rings. The Hall–Kier alpha value is -3.88. The van der Waals surface area contributed by atoms with Gasteiger partial charge in [0.15, 0.2) is 0 Å². The predicted octanol–water partition coefficient (Wildman–Crippen LogP) is 4.95. The number of nitrogens with one attached hydrogen (secondary N) is 1. The van der Waals surface area contributed by atoms with E-state index < -0.39 is 35.5 Å². The van der Waals surface area contributed by atoms with Gasteiger partial charge >= 0.3 is 6.61 Å². The first-order valence-corrected chi connectivity index (χ1v) is 10.0. The summed E-state index contributed by atoms with van der Waals surface area (Å²) in [6.45, 7) is -2.78. The van der Waals surface area contributed by atoms with Gasteiger partial charge in [-0.1, -0.05) is 36.4 Å². The summed E-state index contributed by atoms with van der Waals surface area (Å²) in [6.07, 6.45) is 0.846. The third kappa shape index (κ3) is 4.97. The van der Waals surface area contributed by atoms with Crippen LogP contribution in [0.25, 0.3) is 0 Å². The lowest BCUT2D eigenvalue weighted by Crippen LogP contribution is -2.30. The van der Waals surface area contributed by atoms with Crippen molar-refractivity contribution in [3.8, 4) is 5.75 Å². The van der Waals surface area contributed by atoms with Crippen molar-refractivity contribution < 1.29 is 31.9 Å². The van der Waals surface area contributed by atoms with Crippen molar-refractivity contribution in [2.24, 2.45) is 0 Å². The lowest BCUT2D eigenvalue weighted by atomic mass is 10.1. The van der Waals surface area contributed by atoms with Gasteiger partial charge in [0.05, 0.1) is 6.42 Å². The standard InChI is InChI=1S/C24H18F4N2O3/c25-18-12-17(33-24(27)28)13-19(26)22(18)23(32)29-16-7-6-15-8-9-30(20(15)11-16)21(31)10-14-4-2-1-3-5-14/h1-7,11-13,24H,8-10H2,(H,29,32). The summed E-state index contributed by atoms with van der Waals surface area (Å²) in [5, 5.41) is 2.39. The smallest absolute Gasteiger partial charge is 0.387 e. The molecule has 1 aliphatic heterocycles. The number of nitrogens with zero attached hydrogens (tertiary/aromatic N) is 1. The molecule has 0 saturated carbocycles. The molecule has 0 aliphatic carbocycles. The van der Waals surface area contributed by atoms with Crippen LogP contribution in [0.4, 0.5) is 28.9 Å². The normalized spacial score (nSPS) is 12.6. The van der Waals surface area contributed by atoms with Crippen molar-refractivity contribution in [1.29, 1.82) is 0 Å². The molecule has 0 bridgehead atoms. The maximum Gasteiger partial charge on any atom is 0.387 e. The third-order valence-corrected chi connectivity index (χ3v) is 5.21. The Morgan fingerprint density at radius 1 is 1.00 bits per heavy atom. The van der Waals surface area contributed by atoms with Crippen LogP contribution in [0, 0.1) is 11.6 Å². The maximum absolute atomic E-state index is 14.2. The predicted molar refractivity (Wildman–Crippen MR) is 114 cm³/mol. The first-order valence-electron chi connectivity index (χ1n) is 10.0. The molecule has 2 amide bonds. The highest BCUT2D eigenvalue weighted by molar-refractivity contribution is 6.05. The molecule has 0 aromatic heterocycles. The van der Waals surface area contributed by atoms with Gasteiger partial charge in [-0.25, -0.2) is 8.78 Å². The molecule has 5 nitrogen and oxygen atoms in total. The summed E-state index contributed by atoms with van der Waals surface area (Å²) in [6, 6.07) is 15.1. The zero-order chi connectivity index (χ0) is 23.5. The zero-order valence-electron chi connectivity index (χ0n) is 17.2. The largest absolute Gasteiger partial charge is 0.435 e. The van der Waals surface area contributed by atoms with Crippen LogP contribution in [0.5, 0.6) is 5.75 Å². The number of alkyl halides is 2. The number of ether oxygens (including phenoxy) is 1. The molecule has 0 unspecified atom stereocenters. The molecule has 0 saturated heterocycles. The number of halogens is 4. The maximum atomic E-state index is 14.2. The van der Waals surface area contributed by atoms with Crippen LogP contribution < -0.4 is 15.0 Å². The van der Waals surface area contributed by atoms with Crippen LogP contribution in [0.1, 0.15) is 21.5 Å². The van der Waals surface area contributed by atoms with Gasteiger partial charge in [-0.05, 0) is 29.7 Å². The van der Waals surface area contributed by atoms with Crippen molar-refractivity contribution in [3.63, 3.8) is 0 Å². The Morgan fingerprint density at radius 2 is 1.70 bits per heavy atom. The van der Waals surface area contributed by atoms with Gasteiger partial charge in [-0.2, -0.15) is 8.78 Å². The quantitative estimate of drug-likeness (QED) is 0.532. The SMILES string of the molecule is O=C(Nc1ccc2c(c1)N(C(=O)Cc1ccccc1)CC2)c1c(F)cc(OC(F)F)cc1F.